The molecule has 3 rings (SSSR count). The van der Waals surface area contributed by atoms with Crippen molar-refractivity contribution in [1.29, 1.82) is 0 Å². The molecule has 1 aromatic heterocycles. The second-order valence-corrected chi connectivity index (χ2v) is 6.04. The number of carbonyl (C=O) groups is 2. The van der Waals surface area contributed by atoms with Gasteiger partial charge in [0.25, 0.3) is 0 Å². The van der Waals surface area contributed by atoms with Gasteiger partial charge in [-0.2, -0.15) is 0 Å². The van der Waals surface area contributed by atoms with Gasteiger partial charge in [-0.3, -0.25) is 9.59 Å². The van der Waals surface area contributed by atoms with E-state index in [4.69, 9.17) is 0 Å². The number of benzene rings is 2. The minimum absolute atomic E-state index is 0.103. The lowest BCUT2D eigenvalue weighted by Crippen LogP contribution is -2.20. The summed E-state index contributed by atoms with van der Waals surface area (Å²) in [5.74, 6) is -0.103. The Morgan fingerprint density at radius 1 is 1.04 bits per heavy atom. The van der Waals surface area contributed by atoms with Gasteiger partial charge in [-0.15, -0.1) is 0 Å². The minimum atomic E-state index is -0.103. The fourth-order valence-electron chi connectivity index (χ4n) is 3.14. The van der Waals surface area contributed by atoms with Crippen LogP contribution >= 0.6 is 0 Å². The number of hydrogen-bond acceptors (Lipinski definition) is 2. The molecule has 1 heterocycles. The molecule has 2 aromatic carbocycles. The molecule has 0 aliphatic rings. The molecule has 4 heteroatoms. The van der Waals surface area contributed by atoms with Gasteiger partial charge in [0.2, 0.25) is 5.91 Å². The summed E-state index contributed by atoms with van der Waals surface area (Å²) in [5, 5.41) is 3.88. The molecule has 3 aromatic rings. The Balaban J connectivity index is 1.94. The Labute approximate surface area is 141 Å². The molecular weight excluding hydrogens is 300 g/mol. The SMILES string of the molecule is Cc1cccc(C)c1NC(=O)Cn1c(C)c(C=O)c2ccccc21. The molecule has 0 unspecified atom stereocenters. The molecule has 1 amide bonds. The van der Waals surface area contributed by atoms with Crippen LogP contribution in [-0.2, 0) is 11.3 Å². The van der Waals surface area contributed by atoms with Crippen molar-refractivity contribution in [3.05, 3.63) is 64.8 Å². The van der Waals surface area contributed by atoms with Crippen molar-refractivity contribution < 1.29 is 9.59 Å². The van der Waals surface area contributed by atoms with Gasteiger partial charge in [0, 0.05) is 27.8 Å². The number of carbonyl (C=O) groups excluding carboxylic acids is 2. The monoisotopic (exact) mass is 320 g/mol. The molecule has 0 bridgehead atoms. The van der Waals surface area contributed by atoms with E-state index in [9.17, 15) is 9.59 Å². The number of para-hydroxylation sites is 2. The second-order valence-electron chi connectivity index (χ2n) is 6.04. The summed E-state index contributed by atoms with van der Waals surface area (Å²) in [6.45, 7) is 6.00. The Bertz CT molecular complexity index is 918. The van der Waals surface area contributed by atoms with Crippen LogP contribution in [0, 0.1) is 20.8 Å². The first-order chi connectivity index (χ1) is 11.5. The van der Waals surface area contributed by atoms with Crippen molar-refractivity contribution >= 4 is 28.8 Å². The number of aldehydes is 1. The molecule has 0 saturated heterocycles. The van der Waals surface area contributed by atoms with Gasteiger partial charge in [-0.1, -0.05) is 36.4 Å². The molecule has 0 saturated carbocycles. The summed E-state index contributed by atoms with van der Waals surface area (Å²) < 4.78 is 1.89. The van der Waals surface area contributed by atoms with Crippen LogP contribution in [0.3, 0.4) is 0 Å². The van der Waals surface area contributed by atoms with E-state index in [0.29, 0.717) is 5.56 Å². The zero-order valence-corrected chi connectivity index (χ0v) is 14.1. The molecule has 122 valence electrons. The molecule has 0 fully saturated rings. The third-order valence-electron chi connectivity index (χ3n) is 4.44. The van der Waals surface area contributed by atoms with Gasteiger partial charge in [-0.25, -0.2) is 0 Å². The maximum Gasteiger partial charge on any atom is 0.244 e. The second kappa shape index (κ2) is 6.32. The number of hydrogen-bond donors (Lipinski definition) is 1. The quantitative estimate of drug-likeness (QED) is 0.738. The number of nitrogens with zero attached hydrogens (tertiary/aromatic N) is 1. The number of amides is 1. The van der Waals surface area contributed by atoms with E-state index in [0.717, 1.165) is 39.7 Å². The van der Waals surface area contributed by atoms with Crippen molar-refractivity contribution in [2.45, 2.75) is 27.3 Å². The first-order valence-corrected chi connectivity index (χ1v) is 7.92. The van der Waals surface area contributed by atoms with Crippen molar-refractivity contribution in [2.24, 2.45) is 0 Å². The summed E-state index contributed by atoms with van der Waals surface area (Å²) in [4.78, 5) is 24.0. The Morgan fingerprint density at radius 2 is 1.71 bits per heavy atom. The first-order valence-electron chi connectivity index (χ1n) is 7.92. The summed E-state index contributed by atoms with van der Waals surface area (Å²) in [6.07, 6.45) is 0.859. The van der Waals surface area contributed by atoms with E-state index in [-0.39, 0.29) is 12.5 Å². The lowest BCUT2D eigenvalue weighted by molar-refractivity contribution is -0.116. The number of aromatic nitrogens is 1. The zero-order chi connectivity index (χ0) is 17.3. The Kier molecular flexibility index (Phi) is 4.21. The molecule has 0 atom stereocenters. The summed E-state index contributed by atoms with van der Waals surface area (Å²) in [5.41, 5.74) is 5.27. The number of aryl methyl sites for hydroxylation is 2. The van der Waals surface area contributed by atoms with E-state index < -0.39 is 0 Å². The normalized spacial score (nSPS) is 10.8. The number of anilines is 1. The van der Waals surface area contributed by atoms with Crippen molar-refractivity contribution in [3.63, 3.8) is 0 Å². The standard InChI is InChI=1S/C20H20N2O2/c1-13-7-6-8-14(2)20(13)21-19(24)11-22-15(3)17(12-23)16-9-4-5-10-18(16)22/h4-10,12H,11H2,1-3H3,(H,21,24). The zero-order valence-electron chi connectivity index (χ0n) is 14.1. The van der Waals surface area contributed by atoms with E-state index in [2.05, 4.69) is 5.32 Å². The average molecular weight is 320 g/mol. The van der Waals surface area contributed by atoms with Crippen molar-refractivity contribution in [3.8, 4) is 0 Å². The van der Waals surface area contributed by atoms with E-state index in [1.165, 1.54) is 0 Å². The van der Waals surface area contributed by atoms with Crippen molar-refractivity contribution in [2.75, 3.05) is 5.32 Å². The van der Waals surface area contributed by atoms with Gasteiger partial charge >= 0.3 is 0 Å². The number of nitrogens with one attached hydrogen (secondary N) is 1. The van der Waals surface area contributed by atoms with E-state index >= 15 is 0 Å². The number of rotatable bonds is 4. The third kappa shape index (κ3) is 2.71. The fraction of sp³-hybridized carbons (Fsp3) is 0.200. The van der Waals surface area contributed by atoms with E-state index in [1.54, 1.807) is 0 Å². The lowest BCUT2D eigenvalue weighted by atomic mass is 10.1. The Morgan fingerprint density at radius 3 is 2.38 bits per heavy atom. The highest BCUT2D eigenvalue weighted by Gasteiger charge is 2.16. The van der Waals surface area contributed by atoms with Crippen LogP contribution in [0.4, 0.5) is 5.69 Å². The summed E-state index contributed by atoms with van der Waals surface area (Å²) in [6, 6.07) is 13.6. The molecule has 1 N–H and O–H groups in total. The van der Waals surface area contributed by atoms with Crippen LogP contribution in [0.15, 0.2) is 42.5 Å². The van der Waals surface area contributed by atoms with Crippen LogP contribution in [0.2, 0.25) is 0 Å². The topological polar surface area (TPSA) is 51.1 Å². The van der Waals surface area contributed by atoms with Crippen LogP contribution < -0.4 is 5.32 Å². The van der Waals surface area contributed by atoms with Gasteiger partial charge in [0.05, 0.1) is 0 Å². The van der Waals surface area contributed by atoms with E-state index in [1.807, 2.05) is 67.8 Å². The van der Waals surface area contributed by atoms with Gasteiger partial charge in [-0.05, 0) is 38.0 Å². The third-order valence-corrected chi connectivity index (χ3v) is 4.44. The average Bonchev–Trinajstić information content (AvgIpc) is 2.83. The van der Waals surface area contributed by atoms with Gasteiger partial charge in [0.1, 0.15) is 6.54 Å². The van der Waals surface area contributed by atoms with Crippen LogP contribution in [0.5, 0.6) is 0 Å². The van der Waals surface area contributed by atoms with Crippen molar-refractivity contribution in [1.82, 2.24) is 4.57 Å². The molecule has 0 aliphatic carbocycles. The molecule has 0 radical (unpaired) electrons. The van der Waals surface area contributed by atoms with Gasteiger partial charge in [0.15, 0.2) is 6.29 Å². The maximum absolute atomic E-state index is 12.6. The first kappa shape index (κ1) is 16.0. The molecular formula is C20H20N2O2. The molecule has 0 aliphatic heterocycles. The largest absolute Gasteiger partial charge is 0.335 e. The summed E-state index contributed by atoms with van der Waals surface area (Å²) >= 11 is 0. The van der Waals surface area contributed by atoms with Gasteiger partial charge < -0.3 is 9.88 Å². The Hall–Kier alpha value is -2.88. The lowest BCUT2D eigenvalue weighted by Gasteiger charge is -2.13. The highest BCUT2D eigenvalue weighted by atomic mass is 16.2. The number of fused-ring (bicyclic) bond motifs is 1. The van der Waals surface area contributed by atoms with Crippen LogP contribution in [-0.4, -0.2) is 16.8 Å². The minimum Gasteiger partial charge on any atom is -0.335 e. The molecule has 24 heavy (non-hydrogen) atoms. The predicted molar refractivity (Wildman–Crippen MR) is 96.6 cm³/mol. The smallest absolute Gasteiger partial charge is 0.244 e. The summed E-state index contributed by atoms with van der Waals surface area (Å²) in [7, 11) is 0. The molecule has 4 nitrogen and oxygen atoms in total. The highest BCUT2D eigenvalue weighted by Crippen LogP contribution is 2.25. The maximum atomic E-state index is 12.6. The van der Waals surface area contributed by atoms with Crippen LogP contribution in [0.25, 0.3) is 10.9 Å². The highest BCUT2D eigenvalue weighted by molar-refractivity contribution is 6.00. The predicted octanol–water partition coefficient (Wildman–Crippen LogP) is 4.02. The molecule has 0 spiro atoms. The fourth-order valence-corrected chi connectivity index (χ4v) is 3.14. The van der Waals surface area contributed by atoms with Crippen LogP contribution in [0.1, 0.15) is 27.2 Å².